The highest BCUT2D eigenvalue weighted by Crippen LogP contribution is 2.20. The molecule has 2 amide bonds. The topological polar surface area (TPSA) is 100 Å². The molecule has 0 bridgehead atoms. The third kappa shape index (κ3) is 3.31. The van der Waals surface area contributed by atoms with E-state index in [-0.39, 0.29) is 10.9 Å². The van der Waals surface area contributed by atoms with Crippen molar-refractivity contribution in [3.8, 4) is 5.75 Å². The first-order valence-electron chi connectivity index (χ1n) is 7.18. The summed E-state index contributed by atoms with van der Waals surface area (Å²) >= 11 is 5.97. The van der Waals surface area contributed by atoms with E-state index in [1.807, 2.05) is 0 Å². The molecule has 0 saturated carbocycles. The molecule has 8 heteroatoms. The number of aromatic hydroxyl groups is 1. The Morgan fingerprint density at radius 2 is 1.72 bits per heavy atom. The third-order valence-corrected chi connectivity index (χ3v) is 3.77. The van der Waals surface area contributed by atoms with Gasteiger partial charge in [-0.3, -0.25) is 9.59 Å². The second-order valence-corrected chi connectivity index (χ2v) is 5.50. The molecule has 3 aromatic rings. The highest BCUT2D eigenvalue weighted by molar-refractivity contribution is 6.33. The number of anilines is 1. The van der Waals surface area contributed by atoms with Crippen LogP contribution in [0.2, 0.25) is 5.02 Å². The Kier molecular flexibility index (Phi) is 4.40. The summed E-state index contributed by atoms with van der Waals surface area (Å²) in [4.78, 5) is 36.6. The minimum atomic E-state index is -0.937. The van der Waals surface area contributed by atoms with Gasteiger partial charge in [-0.05, 0) is 24.3 Å². The van der Waals surface area contributed by atoms with Gasteiger partial charge in [-0.2, -0.15) is 0 Å². The summed E-state index contributed by atoms with van der Waals surface area (Å²) in [6.07, 6.45) is 0. The van der Waals surface area contributed by atoms with E-state index < -0.39 is 22.8 Å². The van der Waals surface area contributed by atoms with Crippen LogP contribution in [0.3, 0.4) is 0 Å². The van der Waals surface area contributed by atoms with Crippen molar-refractivity contribution in [3.05, 3.63) is 80.2 Å². The number of nitrogens with zero attached hydrogens (tertiary/aromatic N) is 1. The molecule has 3 N–H and O–H groups in total. The van der Waals surface area contributed by atoms with E-state index in [1.54, 1.807) is 36.4 Å². The molecule has 126 valence electrons. The highest BCUT2D eigenvalue weighted by Gasteiger charge is 2.12. The number of nitrogens with one attached hydrogen (secondary N) is 2. The fraction of sp³-hybridized carbons (Fsp3) is 0. The minimum Gasteiger partial charge on any atom is -0.503 e. The summed E-state index contributed by atoms with van der Waals surface area (Å²) in [5.74, 6) is -0.778. The minimum absolute atomic E-state index is 0.145. The Morgan fingerprint density at radius 1 is 1.04 bits per heavy atom. The van der Waals surface area contributed by atoms with Gasteiger partial charge in [0.1, 0.15) is 0 Å². The van der Waals surface area contributed by atoms with Crippen molar-refractivity contribution < 1.29 is 9.90 Å². The quantitative estimate of drug-likeness (QED) is 0.656. The molecule has 0 unspecified atom stereocenters. The number of fused-ring (bicyclic) bond motifs is 1. The van der Waals surface area contributed by atoms with Gasteiger partial charge < -0.3 is 10.4 Å². The van der Waals surface area contributed by atoms with Crippen LogP contribution in [0.25, 0.3) is 10.9 Å². The zero-order valence-electron chi connectivity index (χ0n) is 12.7. The number of halogens is 1. The second kappa shape index (κ2) is 6.66. The molecule has 0 atom stereocenters. The summed E-state index contributed by atoms with van der Waals surface area (Å²) in [5.41, 5.74) is 1.32. The second-order valence-electron chi connectivity index (χ2n) is 5.10. The Hall–Kier alpha value is -3.32. The normalized spacial score (nSPS) is 10.4. The number of amides is 2. The predicted molar refractivity (Wildman–Crippen MR) is 96.0 cm³/mol. The van der Waals surface area contributed by atoms with Crippen LogP contribution in [0.5, 0.6) is 5.75 Å². The Bertz CT molecular complexity index is 1090. The molecule has 25 heavy (non-hydrogen) atoms. The highest BCUT2D eigenvalue weighted by atomic mass is 35.5. The number of aromatic nitrogens is 1. The van der Waals surface area contributed by atoms with Gasteiger partial charge in [0, 0.05) is 11.5 Å². The Labute approximate surface area is 146 Å². The fourth-order valence-electron chi connectivity index (χ4n) is 2.29. The monoisotopic (exact) mass is 357 g/mol. The van der Waals surface area contributed by atoms with Gasteiger partial charge >= 0.3 is 11.6 Å². The zero-order chi connectivity index (χ0) is 18.0. The molecule has 3 rings (SSSR count). The number of para-hydroxylation sites is 2. The van der Waals surface area contributed by atoms with E-state index in [1.165, 1.54) is 12.1 Å². The van der Waals surface area contributed by atoms with Crippen molar-refractivity contribution in [1.29, 1.82) is 0 Å². The van der Waals surface area contributed by atoms with Crippen LogP contribution in [0.1, 0.15) is 0 Å². The Morgan fingerprint density at radius 3 is 2.48 bits per heavy atom. The number of hydrogen-bond donors (Lipinski definition) is 3. The van der Waals surface area contributed by atoms with Crippen LogP contribution in [-0.2, 0) is 0 Å². The van der Waals surface area contributed by atoms with Crippen molar-refractivity contribution in [2.45, 2.75) is 0 Å². The number of rotatable bonds is 2. The van der Waals surface area contributed by atoms with Gasteiger partial charge in [0.05, 0.1) is 16.2 Å². The van der Waals surface area contributed by atoms with Gasteiger partial charge in [0.25, 0.3) is 0 Å². The van der Waals surface area contributed by atoms with Crippen molar-refractivity contribution in [2.24, 2.45) is 0 Å². The summed E-state index contributed by atoms with van der Waals surface area (Å²) in [7, 11) is 0. The summed E-state index contributed by atoms with van der Waals surface area (Å²) in [5, 5.41) is 12.7. The van der Waals surface area contributed by atoms with E-state index in [0.717, 1.165) is 10.7 Å². The van der Waals surface area contributed by atoms with Crippen LogP contribution in [0, 0.1) is 0 Å². The molecule has 1 heterocycles. The number of carbonyl (C=O) groups excluding carboxylic acids is 1. The average molecular weight is 358 g/mol. The SMILES string of the molecule is O=C(Nc1ccccc1Cl)Nn1c(=O)c(O)cc(=O)c2ccccc21. The van der Waals surface area contributed by atoms with E-state index in [4.69, 9.17) is 11.6 Å². The first-order valence-corrected chi connectivity index (χ1v) is 7.56. The van der Waals surface area contributed by atoms with E-state index >= 15 is 0 Å². The molecular weight excluding hydrogens is 346 g/mol. The van der Waals surface area contributed by atoms with E-state index in [2.05, 4.69) is 10.7 Å². The summed E-state index contributed by atoms with van der Waals surface area (Å²) in [6, 6.07) is 12.8. The maximum atomic E-state index is 12.3. The van der Waals surface area contributed by atoms with Crippen LogP contribution in [-0.4, -0.2) is 15.8 Å². The first-order chi connectivity index (χ1) is 12.0. The largest absolute Gasteiger partial charge is 0.503 e. The number of hydrogen-bond acceptors (Lipinski definition) is 4. The molecule has 0 fully saturated rings. The maximum absolute atomic E-state index is 12.3. The molecule has 7 nitrogen and oxygen atoms in total. The molecule has 0 aliphatic rings. The smallest absolute Gasteiger partial charge is 0.338 e. The predicted octanol–water partition coefficient (Wildman–Crippen LogP) is 2.50. The lowest BCUT2D eigenvalue weighted by Crippen LogP contribution is -2.34. The van der Waals surface area contributed by atoms with Gasteiger partial charge in [0.15, 0.2) is 11.2 Å². The standard InChI is InChI=1S/C17H12ClN3O4/c18-11-6-2-3-7-12(11)19-17(25)20-21-13-8-4-1-5-10(13)14(22)9-15(23)16(21)24/h1-9,23H,(H2,19,20,25). The molecule has 0 radical (unpaired) electrons. The Balaban J connectivity index is 2.07. The molecular formula is C17H12ClN3O4. The molecule has 0 aliphatic carbocycles. The van der Waals surface area contributed by atoms with Crippen molar-refractivity contribution in [1.82, 2.24) is 4.68 Å². The molecule has 0 spiro atoms. The molecule has 0 aliphatic heterocycles. The lowest BCUT2D eigenvalue weighted by atomic mass is 10.2. The average Bonchev–Trinajstić information content (AvgIpc) is 2.68. The van der Waals surface area contributed by atoms with Crippen LogP contribution >= 0.6 is 11.6 Å². The summed E-state index contributed by atoms with van der Waals surface area (Å²) in [6.45, 7) is 0. The van der Waals surface area contributed by atoms with Crippen LogP contribution in [0.15, 0.2) is 64.2 Å². The van der Waals surface area contributed by atoms with Gasteiger partial charge in [-0.1, -0.05) is 35.9 Å². The molecule has 1 aromatic heterocycles. The van der Waals surface area contributed by atoms with Gasteiger partial charge in [-0.25, -0.2) is 14.9 Å². The maximum Gasteiger partial charge on any atom is 0.338 e. The van der Waals surface area contributed by atoms with Gasteiger partial charge in [-0.15, -0.1) is 0 Å². The zero-order valence-corrected chi connectivity index (χ0v) is 13.4. The van der Waals surface area contributed by atoms with Crippen LogP contribution < -0.4 is 21.7 Å². The summed E-state index contributed by atoms with van der Waals surface area (Å²) < 4.78 is 0.804. The van der Waals surface area contributed by atoms with Crippen LogP contribution in [0.4, 0.5) is 10.5 Å². The third-order valence-electron chi connectivity index (χ3n) is 3.44. The van der Waals surface area contributed by atoms with Crippen molar-refractivity contribution in [3.63, 3.8) is 0 Å². The molecule has 0 saturated heterocycles. The number of benzene rings is 2. The molecule has 2 aromatic carbocycles. The lowest BCUT2D eigenvalue weighted by molar-refractivity contribution is 0.259. The number of urea groups is 1. The number of carbonyl (C=O) groups is 1. The van der Waals surface area contributed by atoms with Gasteiger partial charge in [0.2, 0.25) is 0 Å². The van der Waals surface area contributed by atoms with E-state index in [0.29, 0.717) is 10.7 Å². The fourth-order valence-corrected chi connectivity index (χ4v) is 2.47. The van der Waals surface area contributed by atoms with E-state index in [9.17, 15) is 19.5 Å². The lowest BCUT2D eigenvalue weighted by Gasteiger charge is -2.11. The van der Waals surface area contributed by atoms with Crippen molar-refractivity contribution >= 4 is 34.2 Å². The van der Waals surface area contributed by atoms with Crippen molar-refractivity contribution in [2.75, 3.05) is 10.7 Å². The first kappa shape index (κ1) is 16.5.